The van der Waals surface area contributed by atoms with E-state index in [4.69, 9.17) is 0 Å². The molecule has 0 radical (unpaired) electrons. The predicted octanol–water partition coefficient (Wildman–Crippen LogP) is 17.6. The summed E-state index contributed by atoms with van der Waals surface area (Å²) in [5, 5.41) is 10.9. The Morgan fingerprint density at radius 2 is 0.986 bits per heavy atom. The van der Waals surface area contributed by atoms with Crippen LogP contribution in [0.5, 0.6) is 0 Å². The van der Waals surface area contributed by atoms with Gasteiger partial charge in [0.25, 0.3) is 0 Å². The maximum Gasteiger partial charge on any atom is 0.169 e. The molecule has 10 aliphatic rings. The van der Waals surface area contributed by atoms with Crippen LogP contribution >= 0.6 is 0 Å². The van der Waals surface area contributed by atoms with Crippen LogP contribution < -0.4 is 0 Å². The molecule has 4 saturated carbocycles. The lowest BCUT2D eigenvalue weighted by molar-refractivity contribution is 0.0687. The molecule has 4 nitrogen and oxygen atoms in total. The van der Waals surface area contributed by atoms with Crippen molar-refractivity contribution >= 4 is 87.8 Å². The molecule has 356 valence electrons. The fourth-order valence-electron chi connectivity index (χ4n) is 19.0. The number of hydrogen-bond acceptors (Lipinski definition) is 2. The second-order valence-electron chi connectivity index (χ2n) is 26.8. The van der Waals surface area contributed by atoms with Gasteiger partial charge in [0, 0.05) is 65.0 Å². The molecule has 4 heteroatoms. The van der Waals surface area contributed by atoms with E-state index in [0.29, 0.717) is 29.3 Å². The first-order valence-electron chi connectivity index (χ1n) is 28.3. The van der Waals surface area contributed by atoms with Crippen molar-refractivity contribution in [3.63, 3.8) is 0 Å². The molecule has 0 saturated heterocycles. The molecule has 0 spiro atoms. The molecule has 10 aliphatic carbocycles. The third kappa shape index (κ3) is 4.67. The van der Waals surface area contributed by atoms with E-state index in [1.165, 1.54) is 125 Å². The summed E-state index contributed by atoms with van der Waals surface area (Å²) in [6.45, 7) is 19.0. The monoisotopic (exact) mass is 923 g/mol. The Kier molecular flexibility index (Phi) is 7.72. The van der Waals surface area contributed by atoms with Crippen LogP contribution in [0, 0.1) is 28.6 Å². The van der Waals surface area contributed by atoms with Crippen molar-refractivity contribution in [1.82, 2.24) is 8.80 Å². The van der Waals surface area contributed by atoms with Gasteiger partial charge in [0.15, 0.2) is 11.6 Å². The van der Waals surface area contributed by atoms with E-state index >= 15 is 4.79 Å². The van der Waals surface area contributed by atoms with E-state index in [0.717, 1.165) is 93.6 Å². The Morgan fingerprint density at radius 1 is 0.514 bits per heavy atom. The van der Waals surface area contributed by atoms with Crippen LogP contribution in [0.25, 0.3) is 76.2 Å². The first-order valence-corrected chi connectivity index (χ1v) is 28.3. The predicted molar refractivity (Wildman–Crippen MR) is 290 cm³/mol. The SMILES string of the molecule is CCC(CC)(CC)c1cc2c3cc4c(cc3n3c5cc6c7cc8c(c9c%10cc%11c(cc%10n(c6cc5c(c1)c23)c79)C(=O)C1(C)CCC%11(C)CC1)C1CC2CC(CC8C2)C1)C(=O)C1(C)CCC4(C(C)C)CC1. The van der Waals surface area contributed by atoms with Gasteiger partial charge in [0.1, 0.15) is 0 Å². The number of nitrogens with zero attached hydrogens (tertiary/aromatic N) is 2. The molecule has 0 aliphatic heterocycles. The van der Waals surface area contributed by atoms with Gasteiger partial charge in [-0.25, -0.2) is 0 Å². The Balaban J connectivity index is 1.08. The Labute approximate surface area is 412 Å². The minimum absolute atomic E-state index is 0.0106. The summed E-state index contributed by atoms with van der Waals surface area (Å²) < 4.78 is 5.27. The van der Waals surface area contributed by atoms with Crippen LogP contribution in [0.2, 0.25) is 0 Å². The third-order valence-electron chi connectivity index (χ3n) is 23.6. The van der Waals surface area contributed by atoms with Crippen molar-refractivity contribution in [1.29, 1.82) is 0 Å². The normalized spacial score (nSPS) is 31.6. The van der Waals surface area contributed by atoms with Crippen LogP contribution in [-0.4, -0.2) is 20.4 Å². The second kappa shape index (κ2) is 13.0. The van der Waals surface area contributed by atoms with E-state index in [1.807, 2.05) is 0 Å². The number of ketones is 2. The summed E-state index contributed by atoms with van der Waals surface area (Å²) in [6.07, 6.45) is 18.3. The van der Waals surface area contributed by atoms with E-state index in [1.54, 1.807) is 11.1 Å². The summed E-state index contributed by atoms with van der Waals surface area (Å²) >= 11 is 0. The topological polar surface area (TPSA) is 43.0 Å². The Hall–Kier alpha value is -4.96. The van der Waals surface area contributed by atoms with Gasteiger partial charge >= 0.3 is 0 Å². The van der Waals surface area contributed by atoms with E-state index in [2.05, 4.69) is 119 Å². The Morgan fingerprint density at radius 3 is 1.57 bits per heavy atom. The number of hydrogen-bond donors (Lipinski definition) is 0. The van der Waals surface area contributed by atoms with Crippen molar-refractivity contribution in [3.8, 4) is 0 Å². The molecule has 5 aromatic carbocycles. The second-order valence-corrected chi connectivity index (χ2v) is 26.8. The first kappa shape index (κ1) is 41.6. The van der Waals surface area contributed by atoms with Gasteiger partial charge in [-0.2, -0.15) is 0 Å². The van der Waals surface area contributed by atoms with Crippen molar-refractivity contribution in [2.75, 3.05) is 0 Å². The van der Waals surface area contributed by atoms with Crippen molar-refractivity contribution < 1.29 is 9.59 Å². The van der Waals surface area contributed by atoms with Crippen molar-refractivity contribution in [2.24, 2.45) is 28.6 Å². The van der Waals surface area contributed by atoms with E-state index in [-0.39, 0.29) is 27.1 Å². The quantitative estimate of drug-likeness (QED) is 0.173. The van der Waals surface area contributed by atoms with Crippen molar-refractivity contribution in [3.05, 3.63) is 93.5 Å². The fraction of sp³-hybridized carbons (Fsp3) is 0.515. The molecule has 70 heavy (non-hydrogen) atoms. The number of fused-ring (bicyclic) bond motifs is 16. The minimum atomic E-state index is -0.307. The smallest absolute Gasteiger partial charge is 0.169 e. The highest BCUT2D eigenvalue weighted by Crippen LogP contribution is 2.62. The number of carbonyl (C=O) groups is 2. The number of Topliss-reactive ketones (excluding diaryl/α,β-unsaturated/α-hetero) is 2. The number of aromatic nitrogens is 2. The first-order chi connectivity index (χ1) is 33.6. The molecule has 2 atom stereocenters. The lowest BCUT2D eigenvalue weighted by Crippen LogP contribution is -2.38. The number of carbonyl (C=O) groups excluding carboxylic acids is 2. The molecular weight excluding hydrogens is 853 g/mol. The number of rotatable bonds is 5. The number of benzene rings is 5. The minimum Gasteiger partial charge on any atom is -0.308 e. The van der Waals surface area contributed by atoms with Gasteiger partial charge < -0.3 is 8.80 Å². The largest absolute Gasteiger partial charge is 0.308 e. The zero-order valence-corrected chi connectivity index (χ0v) is 43.1. The summed E-state index contributed by atoms with van der Waals surface area (Å²) in [6, 6.07) is 23.0. The van der Waals surface area contributed by atoms with Crippen molar-refractivity contribution in [2.45, 2.75) is 186 Å². The zero-order chi connectivity index (χ0) is 47.5. The van der Waals surface area contributed by atoms with Gasteiger partial charge in [-0.1, -0.05) is 55.4 Å². The van der Waals surface area contributed by atoms with Crippen LogP contribution in [0.4, 0.5) is 0 Å². The maximum atomic E-state index is 15.1. The highest BCUT2D eigenvalue weighted by atomic mass is 16.1. The molecule has 0 N–H and O–H groups in total. The van der Waals surface area contributed by atoms with E-state index < -0.39 is 0 Å². The van der Waals surface area contributed by atoms with E-state index in [9.17, 15) is 4.79 Å². The molecule has 9 aromatic rings. The summed E-state index contributed by atoms with van der Waals surface area (Å²) in [5.41, 5.74) is 16.6. The zero-order valence-electron chi connectivity index (χ0n) is 43.1. The summed E-state index contributed by atoms with van der Waals surface area (Å²) in [5.74, 6) is 4.08. The maximum absolute atomic E-state index is 15.1. The van der Waals surface area contributed by atoms with Gasteiger partial charge in [-0.15, -0.1) is 0 Å². The average Bonchev–Trinajstić information content (AvgIpc) is 3.98. The summed E-state index contributed by atoms with van der Waals surface area (Å²) in [7, 11) is 0. The fourth-order valence-corrected chi connectivity index (χ4v) is 19.0. The Bertz CT molecular complexity index is 3840. The van der Waals surface area contributed by atoms with Gasteiger partial charge in [-0.3, -0.25) is 9.59 Å². The molecule has 19 rings (SSSR count). The highest BCUT2D eigenvalue weighted by Gasteiger charge is 2.53. The van der Waals surface area contributed by atoms with Gasteiger partial charge in [0.2, 0.25) is 0 Å². The third-order valence-corrected chi connectivity index (χ3v) is 23.6. The molecule has 4 aromatic heterocycles. The van der Waals surface area contributed by atoms with Crippen LogP contribution in [0.15, 0.2) is 54.6 Å². The highest BCUT2D eigenvalue weighted by molar-refractivity contribution is 6.30. The van der Waals surface area contributed by atoms with Crippen LogP contribution in [0.1, 0.15) is 218 Å². The van der Waals surface area contributed by atoms with Crippen LogP contribution in [0.3, 0.4) is 0 Å². The molecule has 2 unspecified atom stereocenters. The van der Waals surface area contributed by atoms with Gasteiger partial charge in [-0.05, 0) is 231 Å². The summed E-state index contributed by atoms with van der Waals surface area (Å²) in [4.78, 5) is 30.1. The standard InChI is InChI=1S/C66H70N2O2/c1-9-65(10-2,11-3)39-25-44-41-28-51-48(61(70)64(8)16-18-66(51,19-17-64)34(4)5)33-54(41)67-52-31-43-46-27-40-37-21-35-20-36(22-37)24-38(23-35)56(40)57-49-29-50-47(60(69)63(7)14-12-62(50,6)13-15-63)32-55(49)68(59(46)57)53(43)30-42(52)45(26-39)58(44)67/h25-38H,9-24H2,1-8H3. The molecular formula is C66H70N2O2. The van der Waals surface area contributed by atoms with Gasteiger partial charge in [0.05, 0.1) is 33.1 Å². The lowest BCUT2D eigenvalue weighted by Gasteiger charge is -2.44. The molecule has 4 heterocycles. The molecule has 0 amide bonds. The lowest BCUT2D eigenvalue weighted by atomic mass is 9.60. The molecule has 8 bridgehead atoms. The average molecular weight is 923 g/mol. The molecule has 4 fully saturated rings. The van der Waals surface area contributed by atoms with Crippen LogP contribution in [-0.2, 0) is 16.2 Å².